The number of aryl methyl sites for hydroxylation is 1. The molecule has 0 radical (unpaired) electrons. The summed E-state index contributed by atoms with van der Waals surface area (Å²) in [5, 5.41) is 4.37. The second kappa shape index (κ2) is 5.84. The first-order valence-corrected chi connectivity index (χ1v) is 8.18. The summed E-state index contributed by atoms with van der Waals surface area (Å²) in [6, 6.07) is 12.5. The summed E-state index contributed by atoms with van der Waals surface area (Å²) >= 11 is 3.49. The molecule has 1 aromatic carbocycles. The van der Waals surface area contributed by atoms with E-state index in [1.54, 1.807) is 0 Å². The average Bonchev–Trinajstić information content (AvgIpc) is 2.48. The number of benzene rings is 1. The maximum absolute atomic E-state index is 5.83. The Hall–Kier alpha value is -1.68. The van der Waals surface area contributed by atoms with Crippen LogP contribution in [-0.2, 0) is 4.84 Å². The topological polar surface area (TPSA) is 34.5 Å². The first-order chi connectivity index (χ1) is 10.5. The number of nitrogens with zero attached hydrogens (tertiary/aromatic N) is 2. The Bertz CT molecular complexity index is 707. The van der Waals surface area contributed by atoms with Gasteiger partial charge in [-0.3, -0.25) is 4.98 Å². The van der Waals surface area contributed by atoms with Crippen molar-refractivity contribution in [2.24, 2.45) is 5.16 Å². The molecule has 0 saturated heterocycles. The summed E-state index contributed by atoms with van der Waals surface area (Å²) in [5.74, 6) is 0.265. The summed E-state index contributed by atoms with van der Waals surface area (Å²) < 4.78 is 1.09. The van der Waals surface area contributed by atoms with Gasteiger partial charge >= 0.3 is 0 Å². The Kier molecular flexibility index (Phi) is 4.04. The number of pyridine rings is 1. The van der Waals surface area contributed by atoms with Gasteiger partial charge in [-0.2, -0.15) is 0 Å². The lowest BCUT2D eigenvalue weighted by Gasteiger charge is -2.36. The molecule has 4 heteroatoms. The number of hydrogen-bond donors (Lipinski definition) is 0. The van der Waals surface area contributed by atoms with Crippen LogP contribution >= 0.6 is 15.9 Å². The second-order valence-electron chi connectivity index (χ2n) is 6.23. The van der Waals surface area contributed by atoms with Gasteiger partial charge in [0.1, 0.15) is 5.60 Å². The molecule has 1 aliphatic heterocycles. The number of aromatic nitrogens is 1. The van der Waals surface area contributed by atoms with Crippen LogP contribution in [0.3, 0.4) is 0 Å². The predicted octanol–water partition coefficient (Wildman–Crippen LogP) is 4.84. The van der Waals surface area contributed by atoms with Gasteiger partial charge in [0.15, 0.2) is 0 Å². The van der Waals surface area contributed by atoms with Crippen molar-refractivity contribution < 1.29 is 4.84 Å². The molecule has 0 bridgehead atoms. The van der Waals surface area contributed by atoms with E-state index in [0.29, 0.717) is 0 Å². The Balaban J connectivity index is 1.94. The minimum absolute atomic E-state index is 0.265. The van der Waals surface area contributed by atoms with Crippen LogP contribution in [0.15, 0.2) is 52.2 Å². The summed E-state index contributed by atoms with van der Waals surface area (Å²) in [7, 11) is 0. The van der Waals surface area contributed by atoms with Crippen LogP contribution in [0.4, 0.5) is 0 Å². The highest BCUT2D eigenvalue weighted by atomic mass is 79.9. The first kappa shape index (κ1) is 15.2. The first-order valence-electron chi connectivity index (χ1n) is 7.39. The third-order valence-electron chi connectivity index (χ3n) is 4.13. The van der Waals surface area contributed by atoms with E-state index in [4.69, 9.17) is 4.84 Å². The van der Waals surface area contributed by atoms with E-state index < -0.39 is 0 Å². The van der Waals surface area contributed by atoms with Crippen molar-refractivity contribution >= 4 is 21.6 Å². The van der Waals surface area contributed by atoms with Gasteiger partial charge in [0.2, 0.25) is 0 Å². The van der Waals surface area contributed by atoms with Gasteiger partial charge in [-0.25, -0.2) is 0 Å². The quantitative estimate of drug-likeness (QED) is 0.769. The van der Waals surface area contributed by atoms with Crippen LogP contribution in [0.5, 0.6) is 0 Å². The standard InChI is InChI=1S/C18H19BrN2O/c1-12-10-14(8-9-20-12)17-11-16(18(2,3)22-21-17)13-4-6-15(19)7-5-13/h4-10,16H,11H2,1-3H3. The molecule has 2 heterocycles. The zero-order valence-corrected chi connectivity index (χ0v) is 14.6. The molecule has 114 valence electrons. The van der Waals surface area contributed by atoms with Crippen LogP contribution in [0.2, 0.25) is 0 Å². The number of hydrogen-bond acceptors (Lipinski definition) is 3. The predicted molar refractivity (Wildman–Crippen MR) is 92.2 cm³/mol. The summed E-state index contributed by atoms with van der Waals surface area (Å²) in [4.78, 5) is 10.1. The second-order valence-corrected chi connectivity index (χ2v) is 7.14. The average molecular weight is 359 g/mol. The van der Waals surface area contributed by atoms with Gasteiger partial charge < -0.3 is 4.84 Å². The fourth-order valence-corrected chi connectivity index (χ4v) is 3.09. The van der Waals surface area contributed by atoms with E-state index >= 15 is 0 Å². The molecule has 0 fully saturated rings. The smallest absolute Gasteiger partial charge is 0.139 e. The number of halogens is 1. The van der Waals surface area contributed by atoms with Crippen molar-refractivity contribution in [2.45, 2.75) is 38.7 Å². The normalized spacial score (nSPS) is 20.2. The van der Waals surface area contributed by atoms with Crippen molar-refractivity contribution in [2.75, 3.05) is 0 Å². The van der Waals surface area contributed by atoms with Crippen molar-refractivity contribution in [3.8, 4) is 0 Å². The molecule has 0 N–H and O–H groups in total. The monoisotopic (exact) mass is 358 g/mol. The molecular weight excluding hydrogens is 340 g/mol. The zero-order chi connectivity index (χ0) is 15.7. The van der Waals surface area contributed by atoms with E-state index in [2.05, 4.69) is 70.2 Å². The Morgan fingerprint density at radius 2 is 1.91 bits per heavy atom. The summed E-state index contributed by atoms with van der Waals surface area (Å²) in [6.07, 6.45) is 2.68. The molecule has 22 heavy (non-hydrogen) atoms. The fraction of sp³-hybridized carbons (Fsp3) is 0.333. The van der Waals surface area contributed by atoms with E-state index in [1.165, 1.54) is 5.56 Å². The van der Waals surface area contributed by atoms with Gasteiger partial charge in [-0.15, -0.1) is 0 Å². The highest BCUT2D eigenvalue weighted by Gasteiger charge is 2.37. The molecule has 2 aromatic rings. The zero-order valence-electron chi connectivity index (χ0n) is 13.0. The largest absolute Gasteiger partial charge is 0.389 e. The van der Waals surface area contributed by atoms with Crippen molar-refractivity contribution in [3.05, 3.63) is 63.9 Å². The Morgan fingerprint density at radius 1 is 1.18 bits per heavy atom. The van der Waals surface area contributed by atoms with Crippen LogP contribution < -0.4 is 0 Å². The lowest BCUT2D eigenvalue weighted by atomic mass is 9.79. The molecule has 0 spiro atoms. The summed E-state index contributed by atoms with van der Waals surface area (Å²) in [6.45, 7) is 6.18. The summed E-state index contributed by atoms with van der Waals surface area (Å²) in [5.41, 5.74) is 4.01. The molecule has 0 saturated carbocycles. The van der Waals surface area contributed by atoms with Crippen molar-refractivity contribution in [3.63, 3.8) is 0 Å². The van der Waals surface area contributed by atoms with E-state index in [-0.39, 0.29) is 11.5 Å². The van der Waals surface area contributed by atoms with Crippen molar-refractivity contribution in [1.82, 2.24) is 4.98 Å². The van der Waals surface area contributed by atoms with Crippen LogP contribution in [0.25, 0.3) is 0 Å². The maximum atomic E-state index is 5.83. The SMILES string of the molecule is Cc1cc(C2=NOC(C)(C)C(c3ccc(Br)cc3)C2)ccn1. The van der Waals surface area contributed by atoms with Gasteiger partial charge in [0.25, 0.3) is 0 Å². The molecule has 0 aliphatic carbocycles. The molecule has 3 nitrogen and oxygen atoms in total. The molecule has 1 unspecified atom stereocenters. The number of rotatable bonds is 2. The molecule has 1 aromatic heterocycles. The molecule has 3 rings (SSSR count). The third-order valence-corrected chi connectivity index (χ3v) is 4.66. The lowest BCUT2D eigenvalue weighted by Crippen LogP contribution is -2.36. The molecular formula is C18H19BrN2O. The highest BCUT2D eigenvalue weighted by molar-refractivity contribution is 9.10. The van der Waals surface area contributed by atoms with Gasteiger partial charge in [0, 0.05) is 34.3 Å². The minimum Gasteiger partial charge on any atom is -0.389 e. The third kappa shape index (κ3) is 3.07. The van der Waals surface area contributed by atoms with Gasteiger partial charge in [-0.05, 0) is 50.6 Å². The molecule has 1 atom stereocenters. The van der Waals surface area contributed by atoms with Gasteiger partial charge in [-0.1, -0.05) is 33.2 Å². The lowest BCUT2D eigenvalue weighted by molar-refractivity contribution is -0.0439. The van der Waals surface area contributed by atoms with E-state index in [0.717, 1.165) is 27.9 Å². The number of oxime groups is 1. The molecule has 1 aliphatic rings. The Labute approximate surface area is 139 Å². The minimum atomic E-state index is -0.320. The van der Waals surface area contributed by atoms with E-state index in [9.17, 15) is 0 Å². The van der Waals surface area contributed by atoms with Crippen LogP contribution in [0, 0.1) is 6.92 Å². The van der Waals surface area contributed by atoms with Crippen LogP contribution in [0.1, 0.15) is 43.0 Å². The van der Waals surface area contributed by atoms with Crippen molar-refractivity contribution in [1.29, 1.82) is 0 Å². The fourth-order valence-electron chi connectivity index (χ4n) is 2.82. The highest BCUT2D eigenvalue weighted by Crippen LogP contribution is 2.39. The van der Waals surface area contributed by atoms with E-state index in [1.807, 2.05) is 19.2 Å². The molecule has 0 amide bonds. The maximum Gasteiger partial charge on any atom is 0.139 e. The van der Waals surface area contributed by atoms with Crippen LogP contribution in [-0.4, -0.2) is 16.3 Å². The Morgan fingerprint density at radius 3 is 2.59 bits per heavy atom. The van der Waals surface area contributed by atoms with Gasteiger partial charge in [0.05, 0.1) is 5.71 Å².